The van der Waals surface area contributed by atoms with Gasteiger partial charge in [0.15, 0.2) is 11.8 Å². The summed E-state index contributed by atoms with van der Waals surface area (Å²) in [5, 5.41) is 12.7. The van der Waals surface area contributed by atoms with Gasteiger partial charge in [0.05, 0.1) is 0 Å². The molecule has 0 bridgehead atoms. The van der Waals surface area contributed by atoms with Gasteiger partial charge in [-0.05, 0) is 31.4 Å². The molecule has 0 unspecified atom stereocenters. The van der Waals surface area contributed by atoms with Crippen LogP contribution < -0.4 is 5.32 Å². The quantitative estimate of drug-likeness (QED) is 0.658. The van der Waals surface area contributed by atoms with Crippen LogP contribution in [0.5, 0.6) is 0 Å². The molecule has 0 spiro atoms. The Bertz CT molecular complexity index is 739. The second kappa shape index (κ2) is 8.34. The van der Waals surface area contributed by atoms with E-state index < -0.39 is 0 Å². The third-order valence-electron chi connectivity index (χ3n) is 4.37. The lowest BCUT2D eigenvalue weighted by Gasteiger charge is -2.22. The van der Waals surface area contributed by atoms with Crippen LogP contribution in [0.2, 0.25) is 5.02 Å². The minimum atomic E-state index is 0.530. The van der Waals surface area contributed by atoms with Crippen molar-refractivity contribution < 1.29 is 0 Å². The average Bonchev–Trinajstić information content (AvgIpc) is 3.04. The van der Waals surface area contributed by atoms with Gasteiger partial charge in [0.2, 0.25) is 0 Å². The van der Waals surface area contributed by atoms with Crippen molar-refractivity contribution >= 4 is 17.6 Å². The summed E-state index contributed by atoms with van der Waals surface area (Å²) in [4.78, 5) is 6.84. The van der Waals surface area contributed by atoms with Crippen molar-refractivity contribution in [1.82, 2.24) is 25.0 Å². The van der Waals surface area contributed by atoms with Crippen LogP contribution >= 0.6 is 11.6 Å². The van der Waals surface area contributed by atoms with Gasteiger partial charge in [-0.1, -0.05) is 29.8 Å². The van der Waals surface area contributed by atoms with Gasteiger partial charge < -0.3 is 14.8 Å². The number of nitrogens with zero attached hydrogens (tertiary/aromatic N) is 5. The predicted molar refractivity (Wildman–Crippen MR) is 101 cm³/mol. The van der Waals surface area contributed by atoms with E-state index in [2.05, 4.69) is 31.9 Å². The fraction of sp³-hybridized carbons (Fsp3) is 0.500. The van der Waals surface area contributed by atoms with Gasteiger partial charge in [-0.15, -0.1) is 10.2 Å². The number of fused-ring (bicyclic) bond motifs is 1. The normalized spacial score (nSPS) is 14.3. The van der Waals surface area contributed by atoms with Crippen LogP contribution in [0.15, 0.2) is 29.3 Å². The molecule has 134 valence electrons. The number of nitrogens with one attached hydrogen (secondary N) is 1. The summed E-state index contributed by atoms with van der Waals surface area (Å²) < 4.78 is 2.21. The number of halogens is 1. The number of benzene rings is 1. The molecule has 0 atom stereocenters. The number of aromatic nitrogens is 3. The highest BCUT2D eigenvalue weighted by Gasteiger charge is 2.16. The van der Waals surface area contributed by atoms with E-state index in [4.69, 9.17) is 16.6 Å². The van der Waals surface area contributed by atoms with Crippen LogP contribution in [0.4, 0.5) is 0 Å². The standard InChI is InChI=1S/C18H25ClN6/c1-3-20-18(24(2)13-14-8-4-5-9-15(14)19)21-12-17-23-22-16-10-6-7-11-25(16)17/h4-5,8-9H,3,6-7,10-13H2,1-2H3,(H,20,21). The molecule has 6 nitrogen and oxygen atoms in total. The molecule has 0 fully saturated rings. The molecule has 1 N–H and O–H groups in total. The first-order valence-electron chi connectivity index (χ1n) is 8.83. The Balaban J connectivity index is 1.72. The Morgan fingerprint density at radius 2 is 2.16 bits per heavy atom. The summed E-state index contributed by atoms with van der Waals surface area (Å²) in [6, 6.07) is 7.90. The molecule has 0 aliphatic carbocycles. The Labute approximate surface area is 153 Å². The van der Waals surface area contributed by atoms with Crippen LogP contribution in [-0.4, -0.2) is 39.2 Å². The van der Waals surface area contributed by atoms with Gasteiger partial charge in [0, 0.05) is 38.1 Å². The number of aryl methyl sites for hydroxylation is 1. The first-order valence-corrected chi connectivity index (χ1v) is 9.20. The van der Waals surface area contributed by atoms with Crippen molar-refractivity contribution in [3.05, 3.63) is 46.5 Å². The molecule has 0 radical (unpaired) electrons. The summed E-state index contributed by atoms with van der Waals surface area (Å²) >= 11 is 6.28. The van der Waals surface area contributed by atoms with Gasteiger partial charge >= 0.3 is 0 Å². The molecule has 1 aliphatic heterocycles. The molecule has 1 aromatic heterocycles. The van der Waals surface area contributed by atoms with Crippen LogP contribution in [-0.2, 0) is 26.1 Å². The minimum Gasteiger partial charge on any atom is -0.357 e. The summed E-state index contributed by atoms with van der Waals surface area (Å²) in [6.45, 7) is 5.10. The number of aliphatic imine (C=N–C) groups is 1. The highest BCUT2D eigenvalue weighted by atomic mass is 35.5. The zero-order chi connectivity index (χ0) is 17.6. The fourth-order valence-electron chi connectivity index (χ4n) is 3.06. The fourth-order valence-corrected chi connectivity index (χ4v) is 3.25. The van der Waals surface area contributed by atoms with Gasteiger partial charge in [-0.3, -0.25) is 0 Å². The van der Waals surface area contributed by atoms with Crippen molar-refractivity contribution in [2.45, 2.75) is 45.8 Å². The third-order valence-corrected chi connectivity index (χ3v) is 4.74. The molecule has 1 aliphatic rings. The molecule has 2 heterocycles. The van der Waals surface area contributed by atoms with Crippen molar-refractivity contribution in [2.75, 3.05) is 13.6 Å². The molecule has 3 rings (SSSR count). The molecule has 7 heteroatoms. The Hall–Kier alpha value is -2.08. The number of hydrogen-bond acceptors (Lipinski definition) is 3. The highest BCUT2D eigenvalue weighted by molar-refractivity contribution is 6.31. The Morgan fingerprint density at radius 1 is 1.32 bits per heavy atom. The molecule has 25 heavy (non-hydrogen) atoms. The largest absolute Gasteiger partial charge is 0.357 e. The smallest absolute Gasteiger partial charge is 0.194 e. The number of hydrogen-bond donors (Lipinski definition) is 1. The average molecular weight is 361 g/mol. The molecule has 0 saturated carbocycles. The van der Waals surface area contributed by atoms with E-state index in [1.807, 2.05) is 31.3 Å². The summed E-state index contributed by atoms with van der Waals surface area (Å²) in [7, 11) is 2.02. The van der Waals surface area contributed by atoms with Crippen LogP contribution in [0.25, 0.3) is 0 Å². The van der Waals surface area contributed by atoms with E-state index in [9.17, 15) is 0 Å². The molecule has 2 aromatic rings. The van der Waals surface area contributed by atoms with E-state index in [0.29, 0.717) is 13.1 Å². The number of guanidine groups is 1. The highest BCUT2D eigenvalue weighted by Crippen LogP contribution is 2.17. The summed E-state index contributed by atoms with van der Waals surface area (Å²) in [6.07, 6.45) is 3.40. The maximum Gasteiger partial charge on any atom is 0.194 e. The second-order valence-electron chi connectivity index (χ2n) is 6.26. The minimum absolute atomic E-state index is 0.530. The predicted octanol–water partition coefficient (Wildman–Crippen LogP) is 2.87. The zero-order valence-electron chi connectivity index (χ0n) is 14.9. The Morgan fingerprint density at radius 3 is 2.96 bits per heavy atom. The first-order chi connectivity index (χ1) is 12.2. The van der Waals surface area contributed by atoms with Gasteiger partial charge in [0.25, 0.3) is 0 Å². The zero-order valence-corrected chi connectivity index (χ0v) is 15.6. The van der Waals surface area contributed by atoms with Gasteiger partial charge in [0.1, 0.15) is 12.4 Å². The lowest BCUT2D eigenvalue weighted by Crippen LogP contribution is -2.38. The van der Waals surface area contributed by atoms with Crippen LogP contribution in [0.1, 0.15) is 37.0 Å². The lowest BCUT2D eigenvalue weighted by molar-refractivity contribution is 0.474. The molecule has 1 aromatic carbocycles. The SMILES string of the molecule is CCNC(=NCc1nnc2n1CCCC2)N(C)Cc1ccccc1Cl. The van der Waals surface area contributed by atoms with Crippen molar-refractivity contribution in [3.8, 4) is 0 Å². The van der Waals surface area contributed by atoms with Crippen molar-refractivity contribution in [3.63, 3.8) is 0 Å². The van der Waals surface area contributed by atoms with E-state index in [1.54, 1.807) is 0 Å². The summed E-state index contributed by atoms with van der Waals surface area (Å²) in [5.41, 5.74) is 1.08. The number of rotatable bonds is 5. The second-order valence-corrected chi connectivity index (χ2v) is 6.67. The van der Waals surface area contributed by atoms with Crippen molar-refractivity contribution in [1.29, 1.82) is 0 Å². The summed E-state index contributed by atoms with van der Waals surface area (Å²) in [5.74, 6) is 2.87. The topological polar surface area (TPSA) is 58.3 Å². The van der Waals surface area contributed by atoms with Gasteiger partial charge in [-0.25, -0.2) is 4.99 Å². The Kier molecular flexibility index (Phi) is 5.91. The van der Waals surface area contributed by atoms with E-state index >= 15 is 0 Å². The monoisotopic (exact) mass is 360 g/mol. The van der Waals surface area contributed by atoms with Crippen molar-refractivity contribution in [2.24, 2.45) is 4.99 Å². The van der Waals surface area contributed by atoms with E-state index in [0.717, 1.165) is 47.7 Å². The van der Waals surface area contributed by atoms with Gasteiger partial charge in [-0.2, -0.15) is 0 Å². The van der Waals surface area contributed by atoms with E-state index in [-0.39, 0.29) is 0 Å². The third kappa shape index (κ3) is 4.31. The van der Waals surface area contributed by atoms with Crippen LogP contribution in [0, 0.1) is 0 Å². The lowest BCUT2D eigenvalue weighted by atomic mass is 10.2. The first kappa shape index (κ1) is 17.7. The van der Waals surface area contributed by atoms with E-state index in [1.165, 1.54) is 12.8 Å². The van der Waals surface area contributed by atoms with Crippen LogP contribution in [0.3, 0.4) is 0 Å². The molecular formula is C18H25ClN6. The molecular weight excluding hydrogens is 336 g/mol. The molecule has 0 saturated heterocycles. The maximum absolute atomic E-state index is 6.28. The molecule has 0 amide bonds. The maximum atomic E-state index is 6.28.